The smallest absolute Gasteiger partial charge is 0.237 e. The van der Waals surface area contributed by atoms with Crippen LogP contribution in [0.15, 0.2) is 0 Å². The second-order valence-corrected chi connectivity index (χ2v) is 3.83. The summed E-state index contributed by atoms with van der Waals surface area (Å²) >= 11 is 0. The zero-order valence-corrected chi connectivity index (χ0v) is 7.95. The van der Waals surface area contributed by atoms with Crippen LogP contribution < -0.4 is 5.32 Å². The molecule has 0 aromatic carbocycles. The lowest BCUT2D eigenvalue weighted by molar-refractivity contribution is -0.127. The van der Waals surface area contributed by atoms with E-state index in [2.05, 4.69) is 12.2 Å². The van der Waals surface area contributed by atoms with E-state index in [0.29, 0.717) is 25.2 Å². The molecule has 0 aromatic rings. The molecule has 2 aliphatic rings. The molecule has 2 aliphatic heterocycles. The van der Waals surface area contributed by atoms with E-state index < -0.39 is 0 Å². The molecule has 1 N–H and O–H groups in total. The SMILES string of the molecule is CC1OCCC1CN1CNCC1=O. The van der Waals surface area contributed by atoms with Gasteiger partial charge in [0.25, 0.3) is 0 Å². The molecule has 1 amide bonds. The summed E-state index contributed by atoms with van der Waals surface area (Å²) in [6.45, 7) is 5.00. The predicted molar refractivity (Wildman–Crippen MR) is 48.1 cm³/mol. The lowest BCUT2D eigenvalue weighted by Crippen LogP contribution is -2.34. The highest BCUT2D eigenvalue weighted by molar-refractivity contribution is 5.79. The van der Waals surface area contributed by atoms with E-state index in [1.165, 1.54) is 0 Å². The summed E-state index contributed by atoms with van der Waals surface area (Å²) in [5.41, 5.74) is 0. The van der Waals surface area contributed by atoms with E-state index in [1.807, 2.05) is 4.90 Å². The van der Waals surface area contributed by atoms with Crippen molar-refractivity contribution < 1.29 is 9.53 Å². The Bertz CT molecular complexity index is 208. The van der Waals surface area contributed by atoms with E-state index in [0.717, 1.165) is 19.6 Å². The summed E-state index contributed by atoms with van der Waals surface area (Å²) in [6, 6.07) is 0. The summed E-state index contributed by atoms with van der Waals surface area (Å²) in [7, 11) is 0. The second kappa shape index (κ2) is 3.64. The zero-order chi connectivity index (χ0) is 9.26. The topological polar surface area (TPSA) is 41.6 Å². The maximum atomic E-state index is 11.3. The number of hydrogen-bond donors (Lipinski definition) is 1. The van der Waals surface area contributed by atoms with E-state index >= 15 is 0 Å². The molecular formula is C9H16N2O2. The number of hydrogen-bond acceptors (Lipinski definition) is 3. The van der Waals surface area contributed by atoms with E-state index in [1.54, 1.807) is 0 Å². The van der Waals surface area contributed by atoms with Gasteiger partial charge in [0, 0.05) is 19.1 Å². The fourth-order valence-electron chi connectivity index (χ4n) is 1.96. The number of rotatable bonds is 2. The Morgan fingerprint density at radius 2 is 2.54 bits per heavy atom. The monoisotopic (exact) mass is 184 g/mol. The first-order chi connectivity index (χ1) is 6.27. The maximum Gasteiger partial charge on any atom is 0.237 e. The molecule has 0 saturated carbocycles. The maximum absolute atomic E-state index is 11.3. The summed E-state index contributed by atoms with van der Waals surface area (Å²) in [5.74, 6) is 0.753. The molecule has 2 fully saturated rings. The molecule has 0 aromatic heterocycles. The molecule has 2 atom stereocenters. The number of carbonyl (C=O) groups excluding carboxylic acids is 1. The van der Waals surface area contributed by atoms with Gasteiger partial charge in [0.05, 0.1) is 19.3 Å². The average Bonchev–Trinajstić information content (AvgIpc) is 2.65. The number of amides is 1. The van der Waals surface area contributed by atoms with Crippen LogP contribution in [0, 0.1) is 5.92 Å². The van der Waals surface area contributed by atoms with Crippen molar-refractivity contribution in [2.45, 2.75) is 19.4 Å². The molecule has 4 heteroatoms. The van der Waals surface area contributed by atoms with Crippen LogP contribution in [0.1, 0.15) is 13.3 Å². The van der Waals surface area contributed by atoms with E-state index in [4.69, 9.17) is 4.74 Å². The van der Waals surface area contributed by atoms with Crippen LogP contribution in [0.4, 0.5) is 0 Å². The van der Waals surface area contributed by atoms with Gasteiger partial charge < -0.3 is 9.64 Å². The largest absolute Gasteiger partial charge is 0.378 e. The van der Waals surface area contributed by atoms with Gasteiger partial charge in [-0.3, -0.25) is 10.1 Å². The quantitative estimate of drug-likeness (QED) is 0.646. The summed E-state index contributed by atoms with van der Waals surface area (Å²) in [6.07, 6.45) is 1.40. The van der Waals surface area contributed by atoms with Gasteiger partial charge >= 0.3 is 0 Å². The van der Waals surface area contributed by atoms with Gasteiger partial charge in [-0.25, -0.2) is 0 Å². The third-order valence-corrected chi connectivity index (χ3v) is 2.92. The molecule has 2 rings (SSSR count). The molecule has 0 spiro atoms. The lowest BCUT2D eigenvalue weighted by atomic mass is 10.0. The Balaban J connectivity index is 1.86. The normalized spacial score (nSPS) is 34.5. The highest BCUT2D eigenvalue weighted by atomic mass is 16.5. The number of nitrogens with zero attached hydrogens (tertiary/aromatic N) is 1. The molecular weight excluding hydrogens is 168 g/mol. The van der Waals surface area contributed by atoms with Crippen LogP contribution in [-0.4, -0.2) is 43.3 Å². The Labute approximate surface area is 78.2 Å². The molecule has 4 nitrogen and oxygen atoms in total. The van der Waals surface area contributed by atoms with Crippen molar-refractivity contribution in [3.63, 3.8) is 0 Å². The third kappa shape index (κ3) is 1.84. The number of ether oxygens (including phenoxy) is 1. The van der Waals surface area contributed by atoms with Gasteiger partial charge in [0.15, 0.2) is 0 Å². The predicted octanol–water partition coefficient (Wildman–Crippen LogP) is -0.199. The minimum Gasteiger partial charge on any atom is -0.378 e. The van der Waals surface area contributed by atoms with Crippen molar-refractivity contribution >= 4 is 5.91 Å². The number of nitrogens with one attached hydrogen (secondary N) is 1. The Morgan fingerprint density at radius 3 is 3.08 bits per heavy atom. The van der Waals surface area contributed by atoms with Gasteiger partial charge in [-0.05, 0) is 13.3 Å². The first kappa shape index (κ1) is 8.97. The van der Waals surface area contributed by atoms with E-state index in [9.17, 15) is 4.79 Å². The van der Waals surface area contributed by atoms with Crippen LogP contribution in [-0.2, 0) is 9.53 Å². The minimum absolute atomic E-state index is 0.221. The molecule has 2 unspecified atom stereocenters. The Kier molecular flexibility index (Phi) is 2.51. The van der Waals surface area contributed by atoms with Gasteiger partial charge in [0.1, 0.15) is 0 Å². The molecule has 13 heavy (non-hydrogen) atoms. The van der Waals surface area contributed by atoms with Gasteiger partial charge in [-0.15, -0.1) is 0 Å². The first-order valence-electron chi connectivity index (χ1n) is 4.87. The lowest BCUT2D eigenvalue weighted by Gasteiger charge is -2.21. The van der Waals surface area contributed by atoms with Crippen molar-refractivity contribution in [2.75, 3.05) is 26.4 Å². The number of carbonyl (C=O) groups is 1. The van der Waals surface area contributed by atoms with Crippen LogP contribution in [0.5, 0.6) is 0 Å². The van der Waals surface area contributed by atoms with Crippen molar-refractivity contribution in [3.8, 4) is 0 Å². The second-order valence-electron chi connectivity index (χ2n) is 3.83. The first-order valence-corrected chi connectivity index (χ1v) is 4.87. The zero-order valence-electron chi connectivity index (χ0n) is 7.95. The third-order valence-electron chi connectivity index (χ3n) is 2.92. The van der Waals surface area contributed by atoms with Crippen LogP contribution in [0.2, 0.25) is 0 Å². The summed E-state index contributed by atoms with van der Waals surface area (Å²) in [4.78, 5) is 13.2. The summed E-state index contributed by atoms with van der Waals surface area (Å²) in [5, 5.41) is 3.05. The fraction of sp³-hybridized carbons (Fsp3) is 0.889. The Hall–Kier alpha value is -0.610. The van der Waals surface area contributed by atoms with Crippen molar-refractivity contribution in [1.29, 1.82) is 0 Å². The van der Waals surface area contributed by atoms with Crippen molar-refractivity contribution in [3.05, 3.63) is 0 Å². The van der Waals surface area contributed by atoms with Crippen LogP contribution in [0.25, 0.3) is 0 Å². The average molecular weight is 184 g/mol. The fourth-order valence-corrected chi connectivity index (χ4v) is 1.96. The highest BCUT2D eigenvalue weighted by Crippen LogP contribution is 2.21. The van der Waals surface area contributed by atoms with Gasteiger partial charge in [-0.1, -0.05) is 0 Å². The van der Waals surface area contributed by atoms with Crippen LogP contribution in [0.3, 0.4) is 0 Å². The molecule has 2 saturated heterocycles. The highest BCUT2D eigenvalue weighted by Gasteiger charge is 2.29. The minimum atomic E-state index is 0.221. The summed E-state index contributed by atoms with van der Waals surface area (Å²) < 4.78 is 5.45. The molecule has 0 bridgehead atoms. The molecule has 0 aliphatic carbocycles. The molecule has 2 heterocycles. The van der Waals surface area contributed by atoms with Gasteiger partial charge in [-0.2, -0.15) is 0 Å². The molecule has 0 radical (unpaired) electrons. The molecule has 74 valence electrons. The van der Waals surface area contributed by atoms with Gasteiger partial charge in [0.2, 0.25) is 5.91 Å². The Morgan fingerprint density at radius 1 is 1.69 bits per heavy atom. The van der Waals surface area contributed by atoms with Crippen molar-refractivity contribution in [2.24, 2.45) is 5.92 Å². The van der Waals surface area contributed by atoms with Crippen LogP contribution >= 0.6 is 0 Å². The van der Waals surface area contributed by atoms with E-state index in [-0.39, 0.29) is 5.91 Å². The standard InChI is InChI=1S/C9H16N2O2/c1-7-8(2-3-13-7)5-11-6-10-4-9(11)12/h7-8,10H,2-6H2,1H3. The van der Waals surface area contributed by atoms with Crippen molar-refractivity contribution in [1.82, 2.24) is 10.2 Å².